The molecule has 0 aliphatic heterocycles. The Labute approximate surface area is 174 Å². The molecule has 0 radical (unpaired) electrons. The van der Waals surface area contributed by atoms with Crippen LogP contribution in [0.1, 0.15) is 29.6 Å². The SMILES string of the molecule is CCn1c(Cc2ccccc2)nnc1SCc1nc2ccccc2c(C)c1Cl. The van der Waals surface area contributed by atoms with Gasteiger partial charge in [-0.05, 0) is 31.0 Å². The molecule has 4 rings (SSSR count). The highest BCUT2D eigenvalue weighted by molar-refractivity contribution is 7.98. The van der Waals surface area contributed by atoms with Crippen molar-refractivity contribution in [2.45, 2.75) is 37.7 Å². The second kappa shape index (κ2) is 8.33. The average Bonchev–Trinajstić information content (AvgIpc) is 3.11. The Hall–Kier alpha value is -2.37. The van der Waals surface area contributed by atoms with Gasteiger partial charge in [0.2, 0.25) is 0 Å². The molecule has 142 valence electrons. The van der Waals surface area contributed by atoms with E-state index in [1.54, 1.807) is 11.8 Å². The fourth-order valence-corrected chi connectivity index (χ4v) is 4.55. The summed E-state index contributed by atoms with van der Waals surface area (Å²) >= 11 is 8.24. The maximum absolute atomic E-state index is 6.61. The number of rotatable bonds is 6. The Morgan fingerprint density at radius 3 is 2.54 bits per heavy atom. The normalized spacial score (nSPS) is 11.2. The van der Waals surface area contributed by atoms with Gasteiger partial charge in [-0.2, -0.15) is 0 Å². The average molecular weight is 409 g/mol. The minimum Gasteiger partial charge on any atom is -0.306 e. The molecule has 0 spiro atoms. The number of hydrogen-bond donors (Lipinski definition) is 0. The lowest BCUT2D eigenvalue weighted by Gasteiger charge is -2.10. The number of halogens is 1. The van der Waals surface area contributed by atoms with Crippen LogP contribution in [0.4, 0.5) is 0 Å². The molecule has 0 bridgehead atoms. The minimum atomic E-state index is 0.661. The van der Waals surface area contributed by atoms with E-state index in [-0.39, 0.29) is 0 Å². The molecule has 4 aromatic rings. The van der Waals surface area contributed by atoms with Crippen LogP contribution in [0.3, 0.4) is 0 Å². The van der Waals surface area contributed by atoms with Crippen molar-refractivity contribution in [3.05, 3.63) is 82.3 Å². The quantitative estimate of drug-likeness (QED) is 0.384. The zero-order chi connectivity index (χ0) is 19.5. The molecule has 0 N–H and O–H groups in total. The van der Waals surface area contributed by atoms with E-state index in [0.717, 1.165) is 51.1 Å². The summed E-state index contributed by atoms with van der Waals surface area (Å²) in [5.41, 5.74) is 4.17. The summed E-state index contributed by atoms with van der Waals surface area (Å²) in [6, 6.07) is 18.5. The Kier molecular flexibility index (Phi) is 5.64. The number of para-hydroxylation sites is 1. The van der Waals surface area contributed by atoms with Gasteiger partial charge < -0.3 is 4.57 Å². The van der Waals surface area contributed by atoms with E-state index in [4.69, 9.17) is 16.6 Å². The summed E-state index contributed by atoms with van der Waals surface area (Å²) < 4.78 is 2.17. The topological polar surface area (TPSA) is 43.6 Å². The third kappa shape index (κ3) is 3.77. The first kappa shape index (κ1) is 19.0. The molecule has 0 atom stereocenters. The number of benzene rings is 2. The first-order valence-corrected chi connectivity index (χ1v) is 10.7. The molecule has 2 heterocycles. The fourth-order valence-electron chi connectivity index (χ4n) is 3.30. The Morgan fingerprint density at radius 2 is 1.75 bits per heavy atom. The number of aryl methyl sites for hydroxylation is 1. The van der Waals surface area contributed by atoms with Crippen molar-refractivity contribution in [1.82, 2.24) is 19.7 Å². The van der Waals surface area contributed by atoms with Crippen LogP contribution in [0, 0.1) is 6.92 Å². The van der Waals surface area contributed by atoms with Gasteiger partial charge in [0.15, 0.2) is 5.16 Å². The van der Waals surface area contributed by atoms with Crippen molar-refractivity contribution in [2.24, 2.45) is 0 Å². The zero-order valence-electron chi connectivity index (χ0n) is 15.9. The van der Waals surface area contributed by atoms with Crippen molar-refractivity contribution in [2.75, 3.05) is 0 Å². The van der Waals surface area contributed by atoms with Crippen LogP contribution in [0.25, 0.3) is 10.9 Å². The van der Waals surface area contributed by atoms with Crippen LogP contribution in [-0.4, -0.2) is 19.7 Å². The molecule has 2 aromatic heterocycles. The second-order valence-corrected chi connectivity index (χ2v) is 7.93. The monoisotopic (exact) mass is 408 g/mol. The number of nitrogens with zero attached hydrogens (tertiary/aromatic N) is 4. The van der Waals surface area contributed by atoms with E-state index in [0.29, 0.717) is 5.75 Å². The van der Waals surface area contributed by atoms with E-state index in [1.165, 1.54) is 5.56 Å². The summed E-state index contributed by atoms with van der Waals surface area (Å²) in [6.07, 6.45) is 0.774. The molecule has 2 aromatic carbocycles. The molecule has 0 amide bonds. The number of thioether (sulfide) groups is 1. The zero-order valence-corrected chi connectivity index (χ0v) is 17.5. The van der Waals surface area contributed by atoms with Gasteiger partial charge >= 0.3 is 0 Å². The molecular formula is C22H21ClN4S. The van der Waals surface area contributed by atoms with Crippen LogP contribution in [0.2, 0.25) is 5.02 Å². The highest BCUT2D eigenvalue weighted by Gasteiger charge is 2.15. The number of fused-ring (bicyclic) bond motifs is 1. The third-order valence-corrected chi connectivity index (χ3v) is 6.28. The van der Waals surface area contributed by atoms with Crippen molar-refractivity contribution in [3.8, 4) is 0 Å². The first-order chi connectivity index (χ1) is 13.7. The van der Waals surface area contributed by atoms with E-state index < -0.39 is 0 Å². The molecule has 0 fully saturated rings. The lowest BCUT2D eigenvalue weighted by molar-refractivity contribution is 0.651. The second-order valence-electron chi connectivity index (χ2n) is 6.61. The highest BCUT2D eigenvalue weighted by atomic mass is 35.5. The minimum absolute atomic E-state index is 0.661. The largest absolute Gasteiger partial charge is 0.306 e. The summed E-state index contributed by atoms with van der Waals surface area (Å²) in [7, 11) is 0. The van der Waals surface area contributed by atoms with Gasteiger partial charge in [0.05, 0.1) is 16.2 Å². The summed E-state index contributed by atoms with van der Waals surface area (Å²) in [4.78, 5) is 4.77. The third-order valence-electron chi connectivity index (χ3n) is 4.80. The van der Waals surface area contributed by atoms with Crippen molar-refractivity contribution in [1.29, 1.82) is 0 Å². The molecule has 0 saturated heterocycles. The van der Waals surface area contributed by atoms with Gasteiger partial charge in [-0.3, -0.25) is 4.98 Å². The maximum atomic E-state index is 6.61. The van der Waals surface area contributed by atoms with Crippen molar-refractivity contribution >= 4 is 34.3 Å². The summed E-state index contributed by atoms with van der Waals surface area (Å²) in [6.45, 7) is 5.00. The van der Waals surface area contributed by atoms with Gasteiger partial charge in [0.1, 0.15) is 5.82 Å². The molecule has 6 heteroatoms. The van der Waals surface area contributed by atoms with E-state index >= 15 is 0 Å². The van der Waals surface area contributed by atoms with Gasteiger partial charge in [0, 0.05) is 24.1 Å². The molecule has 4 nitrogen and oxygen atoms in total. The van der Waals surface area contributed by atoms with Crippen LogP contribution >= 0.6 is 23.4 Å². The van der Waals surface area contributed by atoms with Gasteiger partial charge in [-0.25, -0.2) is 0 Å². The highest BCUT2D eigenvalue weighted by Crippen LogP contribution is 2.31. The predicted octanol–water partition coefficient (Wildman–Crippen LogP) is 5.69. The summed E-state index contributed by atoms with van der Waals surface area (Å²) in [5.74, 6) is 1.64. The van der Waals surface area contributed by atoms with Crippen LogP contribution in [-0.2, 0) is 18.7 Å². The molecule has 28 heavy (non-hydrogen) atoms. The first-order valence-electron chi connectivity index (χ1n) is 9.30. The van der Waals surface area contributed by atoms with Crippen LogP contribution < -0.4 is 0 Å². The Bertz CT molecular complexity index is 1110. The van der Waals surface area contributed by atoms with Gasteiger partial charge in [-0.15, -0.1) is 10.2 Å². The summed E-state index contributed by atoms with van der Waals surface area (Å²) in [5, 5.41) is 11.6. The lowest BCUT2D eigenvalue weighted by Crippen LogP contribution is -2.04. The standard InChI is InChI=1S/C22H21ClN4S/c1-3-27-20(13-16-9-5-4-6-10-16)25-26-22(27)28-14-19-21(23)15(2)17-11-7-8-12-18(17)24-19/h4-12H,3,13-14H2,1-2H3. The van der Waals surface area contributed by atoms with E-state index in [2.05, 4.69) is 39.9 Å². The maximum Gasteiger partial charge on any atom is 0.191 e. The molecule has 0 aliphatic carbocycles. The van der Waals surface area contributed by atoms with Gasteiger partial charge in [0.25, 0.3) is 0 Å². The number of aromatic nitrogens is 4. The Balaban J connectivity index is 1.57. The van der Waals surface area contributed by atoms with Crippen LogP contribution in [0.15, 0.2) is 59.8 Å². The van der Waals surface area contributed by atoms with Gasteiger partial charge in [-0.1, -0.05) is 71.9 Å². The smallest absolute Gasteiger partial charge is 0.191 e. The van der Waals surface area contributed by atoms with Crippen molar-refractivity contribution in [3.63, 3.8) is 0 Å². The molecule has 0 aliphatic rings. The lowest BCUT2D eigenvalue weighted by atomic mass is 10.1. The molecular weight excluding hydrogens is 388 g/mol. The number of pyridine rings is 1. The Morgan fingerprint density at radius 1 is 1.00 bits per heavy atom. The molecule has 0 unspecified atom stereocenters. The molecule has 0 saturated carbocycles. The van der Waals surface area contributed by atoms with Crippen LogP contribution in [0.5, 0.6) is 0 Å². The van der Waals surface area contributed by atoms with E-state index in [9.17, 15) is 0 Å². The number of hydrogen-bond acceptors (Lipinski definition) is 4. The predicted molar refractivity (Wildman–Crippen MR) is 116 cm³/mol. The van der Waals surface area contributed by atoms with E-state index in [1.807, 2.05) is 43.3 Å². The van der Waals surface area contributed by atoms with Crippen molar-refractivity contribution < 1.29 is 0 Å². The fraction of sp³-hybridized carbons (Fsp3) is 0.227.